The van der Waals surface area contributed by atoms with Crippen LogP contribution < -0.4 is 0 Å². The van der Waals surface area contributed by atoms with E-state index in [1.807, 2.05) is 6.07 Å². The van der Waals surface area contributed by atoms with E-state index in [1.54, 1.807) is 18.2 Å². The van der Waals surface area contributed by atoms with Crippen molar-refractivity contribution in [2.24, 2.45) is 10.3 Å². The lowest BCUT2D eigenvalue weighted by atomic mass is 10.1. The first-order valence-corrected chi connectivity index (χ1v) is 6.04. The molecule has 0 amide bonds. The second-order valence-corrected chi connectivity index (χ2v) is 4.30. The monoisotopic (exact) mass is 252 g/mol. The summed E-state index contributed by atoms with van der Waals surface area (Å²) < 4.78 is 0. The lowest BCUT2D eigenvalue weighted by Gasteiger charge is -2.13. The Morgan fingerprint density at radius 2 is 2.35 bits per heavy atom. The molecule has 1 aliphatic heterocycles. The molecule has 6 heteroatoms. The zero-order valence-corrected chi connectivity index (χ0v) is 10.1. The van der Waals surface area contributed by atoms with Crippen molar-refractivity contribution in [3.05, 3.63) is 29.8 Å². The van der Waals surface area contributed by atoms with E-state index in [2.05, 4.69) is 10.3 Å². The van der Waals surface area contributed by atoms with Gasteiger partial charge in [-0.15, -0.1) is 0 Å². The van der Waals surface area contributed by atoms with Gasteiger partial charge in [0.05, 0.1) is 0 Å². The van der Waals surface area contributed by atoms with Crippen LogP contribution in [-0.2, 0) is 9.68 Å². The highest BCUT2D eigenvalue weighted by molar-refractivity contribution is 8.15. The molecule has 1 heterocycles. The van der Waals surface area contributed by atoms with Crippen molar-refractivity contribution in [3.63, 3.8) is 0 Å². The first-order valence-electron chi connectivity index (χ1n) is 5.05. The number of benzene rings is 1. The molecule has 1 aromatic carbocycles. The van der Waals surface area contributed by atoms with Gasteiger partial charge in [0.2, 0.25) is 0 Å². The Labute approximate surface area is 103 Å². The largest absolute Gasteiger partial charge is 0.507 e. The third kappa shape index (κ3) is 2.71. The number of phenols is 1. The number of hydrogen-bond acceptors (Lipinski definition) is 6. The topological polar surface area (TPSA) is 63.4 Å². The number of rotatable bonds is 3. The summed E-state index contributed by atoms with van der Waals surface area (Å²) in [4.78, 5) is 9.81. The van der Waals surface area contributed by atoms with Crippen LogP contribution in [0.3, 0.4) is 0 Å². The van der Waals surface area contributed by atoms with E-state index < -0.39 is 0 Å². The Hall–Kier alpha value is -1.69. The van der Waals surface area contributed by atoms with Crippen molar-refractivity contribution >= 4 is 22.5 Å². The van der Waals surface area contributed by atoms with Gasteiger partial charge in [-0.25, -0.2) is 0 Å². The van der Waals surface area contributed by atoms with Gasteiger partial charge in [0.15, 0.2) is 5.04 Å². The lowest BCUT2D eigenvalue weighted by molar-refractivity contribution is 0.160. The Morgan fingerprint density at radius 3 is 3.00 bits per heavy atom. The zero-order valence-electron chi connectivity index (χ0n) is 9.29. The predicted octanol–water partition coefficient (Wildman–Crippen LogP) is 1.82. The number of hydrogen-bond donors (Lipinski definition) is 1. The molecule has 0 aliphatic carbocycles. The molecular formula is C11H12N2O3S. The molecule has 0 unspecified atom stereocenters. The minimum Gasteiger partial charge on any atom is -0.507 e. The second-order valence-electron chi connectivity index (χ2n) is 3.22. The summed E-state index contributed by atoms with van der Waals surface area (Å²) in [5, 5.41) is 18.2. The lowest BCUT2D eigenvalue weighted by Crippen LogP contribution is -2.18. The molecule has 0 bridgehead atoms. The van der Waals surface area contributed by atoms with Gasteiger partial charge in [0.1, 0.15) is 25.2 Å². The van der Waals surface area contributed by atoms with Crippen LogP contribution in [0.5, 0.6) is 5.75 Å². The highest BCUT2D eigenvalue weighted by Crippen LogP contribution is 2.22. The van der Waals surface area contributed by atoms with Crippen LogP contribution in [0.4, 0.5) is 0 Å². The average molecular weight is 252 g/mol. The number of aromatic hydroxyl groups is 1. The van der Waals surface area contributed by atoms with Crippen LogP contribution in [0.1, 0.15) is 5.56 Å². The average Bonchev–Trinajstić information content (AvgIpc) is 2.38. The Kier molecular flexibility index (Phi) is 3.87. The SMILES string of the molecule is CON=C(C1=NOCCS1)c1ccccc1O. The third-order valence-electron chi connectivity index (χ3n) is 2.11. The number of thioether (sulfide) groups is 1. The van der Waals surface area contributed by atoms with E-state index >= 15 is 0 Å². The molecule has 1 aromatic rings. The summed E-state index contributed by atoms with van der Waals surface area (Å²) >= 11 is 1.52. The van der Waals surface area contributed by atoms with Crippen LogP contribution in [0.25, 0.3) is 0 Å². The van der Waals surface area contributed by atoms with Crippen molar-refractivity contribution < 1.29 is 14.8 Å². The molecule has 5 nitrogen and oxygen atoms in total. The number of para-hydroxylation sites is 1. The van der Waals surface area contributed by atoms with Crippen LogP contribution in [0.2, 0.25) is 0 Å². The summed E-state index contributed by atoms with van der Waals surface area (Å²) in [5.74, 6) is 0.937. The minimum absolute atomic E-state index is 0.136. The highest BCUT2D eigenvalue weighted by atomic mass is 32.2. The van der Waals surface area contributed by atoms with E-state index in [9.17, 15) is 5.11 Å². The van der Waals surface area contributed by atoms with Gasteiger partial charge in [-0.3, -0.25) is 0 Å². The first kappa shape index (κ1) is 11.8. The first-order chi connectivity index (χ1) is 8.33. The second kappa shape index (κ2) is 5.58. The Bertz CT molecular complexity index is 460. The predicted molar refractivity (Wildman–Crippen MR) is 67.5 cm³/mol. The minimum atomic E-state index is 0.136. The van der Waals surface area contributed by atoms with Gasteiger partial charge < -0.3 is 14.8 Å². The van der Waals surface area contributed by atoms with E-state index in [0.29, 0.717) is 22.9 Å². The number of phenolic OH excluding ortho intramolecular Hbond substituents is 1. The van der Waals surface area contributed by atoms with Gasteiger partial charge >= 0.3 is 0 Å². The smallest absolute Gasteiger partial charge is 0.165 e. The molecule has 0 saturated heterocycles. The number of oxime groups is 2. The zero-order chi connectivity index (χ0) is 12.1. The van der Waals surface area contributed by atoms with Crippen molar-refractivity contribution in [3.8, 4) is 5.75 Å². The van der Waals surface area contributed by atoms with E-state index in [1.165, 1.54) is 18.9 Å². The molecular weight excluding hydrogens is 240 g/mol. The van der Waals surface area contributed by atoms with Crippen LogP contribution in [0, 0.1) is 0 Å². The molecule has 0 atom stereocenters. The van der Waals surface area contributed by atoms with Crippen LogP contribution in [0.15, 0.2) is 34.6 Å². The molecule has 0 radical (unpaired) electrons. The maximum Gasteiger partial charge on any atom is 0.165 e. The summed E-state index contributed by atoms with van der Waals surface area (Å²) in [6, 6.07) is 6.91. The quantitative estimate of drug-likeness (QED) is 0.658. The standard InChI is InChI=1S/C11H12N2O3S/c1-15-12-10(11-13-16-6-7-17-11)8-4-2-3-5-9(8)14/h2-5,14H,6-7H2,1H3. The fourth-order valence-electron chi connectivity index (χ4n) is 1.39. The molecule has 0 saturated carbocycles. The fourth-order valence-corrected chi connectivity index (χ4v) is 2.13. The van der Waals surface area contributed by atoms with E-state index in [0.717, 1.165) is 5.75 Å². The van der Waals surface area contributed by atoms with Gasteiger partial charge in [-0.2, -0.15) is 0 Å². The molecule has 0 spiro atoms. The van der Waals surface area contributed by atoms with Crippen molar-refractivity contribution in [2.45, 2.75) is 0 Å². The normalized spacial score (nSPS) is 16.1. The molecule has 1 N–H and O–H groups in total. The van der Waals surface area contributed by atoms with Gasteiger partial charge in [-0.05, 0) is 12.1 Å². The summed E-state index contributed by atoms with van der Waals surface area (Å²) in [5.41, 5.74) is 1.06. The van der Waals surface area contributed by atoms with Gasteiger partial charge in [0.25, 0.3) is 0 Å². The summed E-state index contributed by atoms with van der Waals surface area (Å²) in [6.45, 7) is 0.579. The van der Waals surface area contributed by atoms with Gasteiger partial charge in [-0.1, -0.05) is 34.2 Å². The van der Waals surface area contributed by atoms with Crippen molar-refractivity contribution in [2.75, 3.05) is 19.5 Å². The van der Waals surface area contributed by atoms with E-state index in [-0.39, 0.29) is 5.75 Å². The molecule has 90 valence electrons. The molecule has 0 fully saturated rings. The summed E-state index contributed by atoms with van der Waals surface area (Å²) in [6.07, 6.45) is 0. The number of nitrogens with zero attached hydrogens (tertiary/aromatic N) is 2. The molecule has 1 aliphatic rings. The third-order valence-corrected chi connectivity index (χ3v) is 3.02. The van der Waals surface area contributed by atoms with Crippen molar-refractivity contribution in [1.29, 1.82) is 0 Å². The Balaban J connectivity index is 2.39. The maximum absolute atomic E-state index is 9.80. The Morgan fingerprint density at radius 1 is 1.53 bits per heavy atom. The van der Waals surface area contributed by atoms with Crippen molar-refractivity contribution in [1.82, 2.24) is 0 Å². The fraction of sp³-hybridized carbons (Fsp3) is 0.273. The van der Waals surface area contributed by atoms with Crippen LogP contribution >= 0.6 is 11.8 Å². The highest BCUT2D eigenvalue weighted by Gasteiger charge is 2.19. The molecule has 0 aromatic heterocycles. The summed E-state index contributed by atoms with van der Waals surface area (Å²) in [7, 11) is 1.45. The molecule has 2 rings (SSSR count). The molecule has 17 heavy (non-hydrogen) atoms. The van der Waals surface area contributed by atoms with E-state index in [4.69, 9.17) is 9.68 Å². The van der Waals surface area contributed by atoms with Gasteiger partial charge in [0, 0.05) is 11.3 Å². The van der Waals surface area contributed by atoms with Crippen LogP contribution in [-0.4, -0.2) is 35.3 Å². The maximum atomic E-state index is 9.80.